The molecule has 0 spiro atoms. The van der Waals surface area contributed by atoms with E-state index in [0.29, 0.717) is 13.2 Å². The van der Waals surface area contributed by atoms with Crippen LogP contribution in [0.25, 0.3) is 11.0 Å². The fraction of sp³-hybridized carbons (Fsp3) is 0.300. The van der Waals surface area contributed by atoms with Crippen molar-refractivity contribution in [2.45, 2.75) is 26.1 Å². The summed E-state index contributed by atoms with van der Waals surface area (Å²) in [4.78, 5) is 15.8. The first-order chi connectivity index (χ1) is 12.7. The van der Waals surface area contributed by atoms with Crippen LogP contribution in [0.4, 0.5) is 5.69 Å². The Hall–Kier alpha value is -2.70. The summed E-state index contributed by atoms with van der Waals surface area (Å²) < 4.78 is 8.03. The van der Waals surface area contributed by atoms with Gasteiger partial charge >= 0.3 is 0 Å². The van der Waals surface area contributed by atoms with Gasteiger partial charge in [0.15, 0.2) is 0 Å². The van der Waals surface area contributed by atoms with Crippen molar-refractivity contribution in [3.63, 3.8) is 0 Å². The molecule has 0 unspecified atom stereocenters. The first kappa shape index (κ1) is 16.8. The van der Waals surface area contributed by atoms with Crippen LogP contribution in [0.1, 0.15) is 24.4 Å². The Bertz CT molecular complexity index is 917. The van der Waals surface area contributed by atoms with E-state index in [-0.39, 0.29) is 11.9 Å². The number of rotatable bonds is 5. The second kappa shape index (κ2) is 7.27. The molecule has 0 aliphatic carbocycles. The number of nitrogens with zero attached hydrogens (tertiary/aromatic N) is 2. The van der Waals surface area contributed by atoms with Crippen LogP contribution >= 0.6 is 0 Å². The summed E-state index contributed by atoms with van der Waals surface area (Å²) in [6.45, 7) is 4.33. The molecule has 4 rings (SSSR count). The standard InChI is InChI=1S/C20H22N4O2/c1-14(25)22-16-8-6-15(7-9-16)10-21-11-17-12-26-13-20-23-18-4-2-3-5-19(18)24(17)20/h2-9,17,21H,10-13H2,1H3,(H,22,25)/t17-/m0/s1. The molecule has 3 aromatic rings. The first-order valence-corrected chi connectivity index (χ1v) is 8.81. The average molecular weight is 350 g/mol. The van der Waals surface area contributed by atoms with E-state index in [4.69, 9.17) is 4.74 Å². The molecule has 0 saturated heterocycles. The van der Waals surface area contributed by atoms with Crippen molar-refractivity contribution in [1.29, 1.82) is 0 Å². The fourth-order valence-electron chi connectivity index (χ4n) is 3.41. The first-order valence-electron chi connectivity index (χ1n) is 8.81. The molecule has 2 heterocycles. The van der Waals surface area contributed by atoms with E-state index in [2.05, 4.69) is 26.3 Å². The van der Waals surface area contributed by atoms with Gasteiger partial charge in [0, 0.05) is 25.7 Å². The highest BCUT2D eigenvalue weighted by Crippen LogP contribution is 2.25. The van der Waals surface area contributed by atoms with Crippen LogP contribution < -0.4 is 10.6 Å². The summed E-state index contributed by atoms with van der Waals surface area (Å²) in [7, 11) is 0. The SMILES string of the molecule is CC(=O)Nc1ccc(CNC[C@H]2COCc3nc4ccccc4n32)cc1. The molecule has 0 saturated carbocycles. The second-order valence-electron chi connectivity index (χ2n) is 6.56. The quantitative estimate of drug-likeness (QED) is 0.742. The maximum Gasteiger partial charge on any atom is 0.221 e. The predicted octanol–water partition coefficient (Wildman–Crippen LogP) is 2.86. The van der Waals surface area contributed by atoms with E-state index in [1.807, 2.05) is 42.5 Å². The number of hydrogen-bond acceptors (Lipinski definition) is 4. The molecule has 0 bridgehead atoms. The van der Waals surface area contributed by atoms with Gasteiger partial charge in [-0.05, 0) is 29.8 Å². The molecule has 0 fully saturated rings. The van der Waals surface area contributed by atoms with Crippen LogP contribution in [0, 0.1) is 0 Å². The summed E-state index contributed by atoms with van der Waals surface area (Å²) in [5.41, 5.74) is 4.17. The number of aromatic nitrogens is 2. The van der Waals surface area contributed by atoms with Crippen LogP contribution in [-0.2, 0) is 22.7 Å². The number of hydrogen-bond donors (Lipinski definition) is 2. The highest BCUT2D eigenvalue weighted by molar-refractivity contribution is 5.88. The number of benzene rings is 2. The molecular formula is C20H22N4O2. The zero-order chi connectivity index (χ0) is 17.9. The zero-order valence-corrected chi connectivity index (χ0v) is 14.7. The van der Waals surface area contributed by atoms with Crippen molar-refractivity contribution in [3.8, 4) is 0 Å². The fourth-order valence-corrected chi connectivity index (χ4v) is 3.41. The average Bonchev–Trinajstić information content (AvgIpc) is 3.02. The summed E-state index contributed by atoms with van der Waals surface area (Å²) >= 11 is 0. The number of nitrogens with one attached hydrogen (secondary N) is 2. The summed E-state index contributed by atoms with van der Waals surface area (Å²) in [6, 6.07) is 16.3. The van der Waals surface area contributed by atoms with Crippen LogP contribution in [0.15, 0.2) is 48.5 Å². The van der Waals surface area contributed by atoms with Gasteiger partial charge in [-0.25, -0.2) is 4.98 Å². The van der Waals surface area contributed by atoms with Crippen molar-refractivity contribution in [2.24, 2.45) is 0 Å². The number of carbonyl (C=O) groups excluding carboxylic acids is 1. The van der Waals surface area contributed by atoms with Gasteiger partial charge in [-0.15, -0.1) is 0 Å². The summed E-state index contributed by atoms with van der Waals surface area (Å²) in [6.07, 6.45) is 0. The van der Waals surface area contributed by atoms with Gasteiger partial charge in [-0.1, -0.05) is 24.3 Å². The predicted molar refractivity (Wildman–Crippen MR) is 101 cm³/mol. The normalized spacial score (nSPS) is 16.4. The van der Waals surface area contributed by atoms with E-state index in [1.165, 1.54) is 12.5 Å². The molecule has 1 aliphatic rings. The Morgan fingerprint density at radius 1 is 1.23 bits per heavy atom. The van der Waals surface area contributed by atoms with Gasteiger partial charge in [-0.3, -0.25) is 4.79 Å². The molecule has 26 heavy (non-hydrogen) atoms. The van der Waals surface area contributed by atoms with E-state index >= 15 is 0 Å². The topological polar surface area (TPSA) is 68.2 Å². The van der Waals surface area contributed by atoms with Crippen molar-refractivity contribution in [3.05, 3.63) is 59.9 Å². The maximum absolute atomic E-state index is 11.1. The van der Waals surface area contributed by atoms with Gasteiger partial charge in [0.25, 0.3) is 0 Å². The van der Waals surface area contributed by atoms with Crippen LogP contribution in [0.5, 0.6) is 0 Å². The lowest BCUT2D eigenvalue weighted by Gasteiger charge is -2.26. The van der Waals surface area contributed by atoms with Gasteiger partial charge < -0.3 is 19.9 Å². The molecule has 1 amide bonds. The molecule has 0 radical (unpaired) electrons. The highest BCUT2D eigenvalue weighted by atomic mass is 16.5. The molecule has 6 nitrogen and oxygen atoms in total. The lowest BCUT2D eigenvalue weighted by atomic mass is 10.2. The lowest BCUT2D eigenvalue weighted by Crippen LogP contribution is -2.32. The molecule has 6 heteroatoms. The minimum atomic E-state index is -0.0588. The van der Waals surface area contributed by atoms with E-state index in [0.717, 1.165) is 35.6 Å². The maximum atomic E-state index is 11.1. The number of imidazole rings is 1. The van der Waals surface area contributed by atoms with Crippen LogP contribution in [0.2, 0.25) is 0 Å². The Balaban J connectivity index is 1.41. The largest absolute Gasteiger partial charge is 0.371 e. The van der Waals surface area contributed by atoms with Crippen molar-refractivity contribution >= 4 is 22.6 Å². The van der Waals surface area contributed by atoms with Crippen LogP contribution in [-0.4, -0.2) is 28.6 Å². The Labute approximate surface area is 152 Å². The monoisotopic (exact) mass is 350 g/mol. The highest BCUT2D eigenvalue weighted by Gasteiger charge is 2.23. The Morgan fingerprint density at radius 2 is 2.04 bits per heavy atom. The summed E-state index contributed by atoms with van der Waals surface area (Å²) in [5.74, 6) is 0.931. The van der Waals surface area contributed by atoms with Crippen molar-refractivity contribution in [2.75, 3.05) is 18.5 Å². The number of carbonyl (C=O) groups is 1. The molecule has 1 aliphatic heterocycles. The third-order valence-corrected chi connectivity index (χ3v) is 4.56. The number of anilines is 1. The van der Waals surface area contributed by atoms with Gasteiger partial charge in [0.1, 0.15) is 12.4 Å². The van der Waals surface area contributed by atoms with E-state index in [1.54, 1.807) is 0 Å². The van der Waals surface area contributed by atoms with E-state index in [9.17, 15) is 4.79 Å². The molecule has 2 aromatic carbocycles. The second-order valence-corrected chi connectivity index (χ2v) is 6.56. The zero-order valence-electron chi connectivity index (χ0n) is 14.7. The number of para-hydroxylation sites is 2. The van der Waals surface area contributed by atoms with Gasteiger partial charge in [-0.2, -0.15) is 0 Å². The smallest absolute Gasteiger partial charge is 0.221 e. The minimum Gasteiger partial charge on any atom is -0.371 e. The number of ether oxygens (including phenoxy) is 1. The minimum absolute atomic E-state index is 0.0588. The molecule has 1 atom stereocenters. The summed E-state index contributed by atoms with van der Waals surface area (Å²) in [5, 5.41) is 6.29. The van der Waals surface area contributed by atoms with Crippen molar-refractivity contribution in [1.82, 2.24) is 14.9 Å². The van der Waals surface area contributed by atoms with E-state index < -0.39 is 0 Å². The lowest BCUT2D eigenvalue weighted by molar-refractivity contribution is -0.114. The number of amides is 1. The van der Waals surface area contributed by atoms with Crippen molar-refractivity contribution < 1.29 is 9.53 Å². The third kappa shape index (κ3) is 3.47. The number of fused-ring (bicyclic) bond motifs is 3. The van der Waals surface area contributed by atoms with Gasteiger partial charge in [0.05, 0.1) is 23.7 Å². The molecule has 134 valence electrons. The Morgan fingerprint density at radius 3 is 2.85 bits per heavy atom. The van der Waals surface area contributed by atoms with Gasteiger partial charge in [0.2, 0.25) is 5.91 Å². The Kier molecular flexibility index (Phi) is 4.69. The van der Waals surface area contributed by atoms with Crippen LogP contribution in [0.3, 0.4) is 0 Å². The molecule has 1 aromatic heterocycles. The third-order valence-electron chi connectivity index (χ3n) is 4.56. The molecular weight excluding hydrogens is 328 g/mol. The molecule has 2 N–H and O–H groups in total.